The Labute approximate surface area is 339 Å². The molecule has 2 aliphatic rings. The first-order valence-corrected chi connectivity index (χ1v) is 22.4. The predicted octanol–water partition coefficient (Wildman–Crippen LogP) is 3.33. The van der Waals surface area contributed by atoms with Crippen molar-refractivity contribution in [3.05, 3.63) is 46.1 Å². The van der Waals surface area contributed by atoms with E-state index in [0.717, 1.165) is 48.6 Å². The van der Waals surface area contributed by atoms with Crippen molar-refractivity contribution >= 4 is 61.1 Å². The fourth-order valence-corrected chi connectivity index (χ4v) is 8.92. The van der Waals surface area contributed by atoms with Gasteiger partial charge in [-0.15, -0.1) is 0 Å². The molecule has 6 rings (SSSR count). The highest BCUT2D eigenvalue weighted by Crippen LogP contribution is 2.48. The zero-order valence-electron chi connectivity index (χ0n) is 33.2. The molecule has 59 heavy (non-hydrogen) atoms. The molecule has 23 heteroatoms. The molecule has 4 aromatic rings. The summed E-state index contributed by atoms with van der Waals surface area (Å²) >= 11 is 0. The van der Waals surface area contributed by atoms with E-state index in [1.54, 1.807) is 0 Å². The molecule has 1 aromatic carbocycles. The number of carbonyl (C=O) groups excluding carboxylic acids is 1. The van der Waals surface area contributed by atoms with Crippen LogP contribution in [0, 0.1) is 6.92 Å². The van der Waals surface area contributed by atoms with Gasteiger partial charge >= 0.3 is 21.3 Å². The number of aliphatic hydroxyl groups excluding tert-OH is 1. The van der Waals surface area contributed by atoms with Gasteiger partial charge in [-0.05, 0) is 69.6 Å². The zero-order chi connectivity index (χ0) is 42.9. The van der Waals surface area contributed by atoms with E-state index in [4.69, 9.17) is 29.2 Å². The highest BCUT2D eigenvalue weighted by Gasteiger charge is 2.50. The highest BCUT2D eigenvalue weighted by molar-refractivity contribution is 7.46. The number of nitrogen functional groups attached to an aromatic ring is 1. The fraction of sp³-hybridized carbons (Fsp3) is 0.583. The summed E-state index contributed by atoms with van der Waals surface area (Å²) in [6.45, 7) is 9.22. The Morgan fingerprint density at radius 3 is 2.49 bits per heavy atom. The number of nitrogens with zero attached hydrogens (tertiary/aromatic N) is 5. The monoisotopic (exact) mass is 866 g/mol. The van der Waals surface area contributed by atoms with Gasteiger partial charge in [-0.25, -0.2) is 28.9 Å². The van der Waals surface area contributed by atoms with Crippen molar-refractivity contribution in [3.8, 4) is 0 Å². The Hall–Kier alpha value is -4.01. The summed E-state index contributed by atoms with van der Waals surface area (Å²) in [6, 6.07) is 5.61. The molecule has 1 saturated heterocycles. The van der Waals surface area contributed by atoms with Crippen molar-refractivity contribution in [3.63, 3.8) is 0 Å². The fourth-order valence-electron chi connectivity index (χ4n) is 8.03. The molecule has 1 unspecified atom stereocenters. The Bertz CT molecular complexity index is 2310. The minimum atomic E-state index is -5.22. The summed E-state index contributed by atoms with van der Waals surface area (Å²) in [4.78, 5) is 77.4. The van der Waals surface area contributed by atoms with Crippen LogP contribution >= 0.6 is 15.6 Å². The number of unbranched alkanes of at least 4 members (excludes halogenated alkanes) is 3. The molecule has 9 N–H and O–H groups in total. The number of nitrogens with one attached hydrogen (secondary N) is 2. The Morgan fingerprint density at radius 1 is 1.05 bits per heavy atom. The molecular weight excluding hydrogens is 814 g/mol. The molecular formula is C36H52N8O13P2. The second-order valence-corrected chi connectivity index (χ2v) is 18.1. The molecule has 3 aromatic heterocycles. The Morgan fingerprint density at radius 2 is 1.78 bits per heavy atom. The zero-order valence-corrected chi connectivity index (χ0v) is 35.0. The molecule has 0 saturated carbocycles. The number of phosphoric ester groups is 2. The number of aryl methyl sites for hydroxylation is 1. The average molecular weight is 867 g/mol. The van der Waals surface area contributed by atoms with Crippen molar-refractivity contribution in [1.29, 1.82) is 0 Å². The second kappa shape index (κ2) is 17.9. The maximum absolute atomic E-state index is 12.8. The maximum atomic E-state index is 12.8. The van der Waals surface area contributed by atoms with Gasteiger partial charge < -0.3 is 55.1 Å². The number of ether oxygens (including phenoxy) is 1. The number of rotatable bonds is 18. The standard InChI is InChI=1S/C36H52N8O13P2/c1-20-14-28(46)55-25-16-24-22(15-23(20)25)21(2)17-36(3,4)43(24)13-9-10-27(45)38-11-7-5-6-8-12-39-35-42-29-32(37)40-19-41-33(29)44(35)34-31(57-59(51,52)53)30(47)26(56-34)18-54-58(48,49)50/h14-16,19,21,26,30-31,34,47H,5-13,17-18H2,1-4H3,(H,38,45)(H,39,42)(H2,37,40,41)(H2,48,49,50)(H2,51,52,53)/t21?,26-,30-,31-,34-/m1/s1. The summed E-state index contributed by atoms with van der Waals surface area (Å²) in [7, 11) is -10.2. The normalized spacial score (nSPS) is 21.9. The van der Waals surface area contributed by atoms with Crippen LogP contribution in [0.1, 0.15) is 89.0 Å². The quantitative estimate of drug-likeness (QED) is 0.0404. The van der Waals surface area contributed by atoms with E-state index in [2.05, 4.69) is 61.8 Å². The first kappa shape index (κ1) is 44.5. The number of imidazole rings is 1. The van der Waals surface area contributed by atoms with Gasteiger partial charge in [0.2, 0.25) is 11.9 Å². The first-order chi connectivity index (χ1) is 27.7. The number of aliphatic hydroxyl groups is 1. The van der Waals surface area contributed by atoms with Crippen molar-refractivity contribution in [1.82, 2.24) is 24.8 Å². The van der Waals surface area contributed by atoms with Gasteiger partial charge in [-0.2, -0.15) is 0 Å². The van der Waals surface area contributed by atoms with E-state index in [-0.39, 0.29) is 40.0 Å². The van der Waals surface area contributed by atoms with Gasteiger partial charge in [0.1, 0.15) is 30.2 Å². The van der Waals surface area contributed by atoms with Crippen molar-refractivity contribution in [2.24, 2.45) is 0 Å². The molecule has 0 radical (unpaired) electrons. The highest BCUT2D eigenvalue weighted by atomic mass is 31.2. The lowest BCUT2D eigenvalue weighted by Gasteiger charge is -2.47. The summed E-state index contributed by atoms with van der Waals surface area (Å²) in [5.74, 6) is 0.360. The molecule has 5 heterocycles. The lowest BCUT2D eigenvalue weighted by atomic mass is 9.79. The number of aromatic nitrogens is 4. The third kappa shape index (κ3) is 10.7. The third-order valence-corrected chi connectivity index (χ3v) is 11.7. The molecule has 324 valence electrons. The van der Waals surface area contributed by atoms with E-state index in [9.17, 15) is 33.6 Å². The van der Waals surface area contributed by atoms with Crippen LogP contribution in [0.4, 0.5) is 17.5 Å². The van der Waals surface area contributed by atoms with Crippen LogP contribution in [0.5, 0.6) is 0 Å². The average Bonchev–Trinajstić information content (AvgIpc) is 3.64. The minimum Gasteiger partial charge on any atom is -0.423 e. The van der Waals surface area contributed by atoms with Gasteiger partial charge in [0, 0.05) is 54.8 Å². The molecule has 1 fully saturated rings. The van der Waals surface area contributed by atoms with Gasteiger partial charge in [0.25, 0.3) is 0 Å². The van der Waals surface area contributed by atoms with E-state index in [1.165, 1.54) is 16.2 Å². The van der Waals surface area contributed by atoms with E-state index >= 15 is 0 Å². The first-order valence-electron chi connectivity index (χ1n) is 19.3. The number of fused-ring (bicyclic) bond motifs is 3. The molecule has 1 amide bonds. The van der Waals surface area contributed by atoms with Crippen LogP contribution in [0.3, 0.4) is 0 Å². The van der Waals surface area contributed by atoms with Gasteiger partial charge in [-0.1, -0.05) is 19.8 Å². The summed E-state index contributed by atoms with van der Waals surface area (Å²) in [6.07, 6.45) is -0.490. The summed E-state index contributed by atoms with van der Waals surface area (Å²) < 4.78 is 45.2. The van der Waals surface area contributed by atoms with Gasteiger partial charge in [0.05, 0.1) is 6.61 Å². The van der Waals surface area contributed by atoms with Crippen LogP contribution < -0.4 is 26.9 Å². The van der Waals surface area contributed by atoms with E-state index < -0.39 is 46.8 Å². The largest absolute Gasteiger partial charge is 0.470 e. The summed E-state index contributed by atoms with van der Waals surface area (Å²) in [5, 5.41) is 17.9. The molecule has 21 nitrogen and oxygen atoms in total. The number of nitrogens with two attached hydrogens (primary N) is 1. The Balaban J connectivity index is 0.988. The summed E-state index contributed by atoms with van der Waals surface area (Å²) in [5.41, 5.74) is 9.37. The number of hydrogen-bond donors (Lipinski definition) is 8. The molecule has 0 spiro atoms. The van der Waals surface area contributed by atoms with Gasteiger partial charge in [0.15, 0.2) is 23.2 Å². The third-order valence-electron chi connectivity index (χ3n) is 10.7. The second-order valence-electron chi connectivity index (χ2n) is 15.7. The number of benzene rings is 1. The Kier molecular flexibility index (Phi) is 13.5. The number of carbonyl (C=O) groups is 1. The van der Waals surface area contributed by atoms with Crippen molar-refractivity contribution in [2.45, 2.75) is 109 Å². The predicted molar refractivity (Wildman–Crippen MR) is 215 cm³/mol. The topological polar surface area (TPSA) is 307 Å². The number of phosphoric acid groups is 2. The lowest BCUT2D eigenvalue weighted by Crippen LogP contribution is -2.49. The molecule has 2 aliphatic heterocycles. The minimum absolute atomic E-state index is 0.0125. The molecule has 0 bridgehead atoms. The maximum Gasteiger partial charge on any atom is 0.470 e. The van der Waals surface area contributed by atoms with Gasteiger partial charge in [-0.3, -0.25) is 18.4 Å². The van der Waals surface area contributed by atoms with Crippen molar-refractivity contribution < 1.29 is 56.8 Å². The molecule has 0 aliphatic carbocycles. The van der Waals surface area contributed by atoms with Crippen LogP contribution in [0.2, 0.25) is 0 Å². The number of hydrogen-bond acceptors (Lipinski definition) is 15. The SMILES string of the molecule is Cc1cc(=O)oc2cc3c(cc12)C(C)CC(C)(C)N3CCCC(=O)NCCCCCCNc1nc2c(N)ncnc2n1[C@@H]1O[C@H](COP(=O)(O)O)[C@@H](O)[C@H]1OP(=O)(O)O. The van der Waals surface area contributed by atoms with Crippen molar-refractivity contribution in [2.75, 3.05) is 42.2 Å². The number of amides is 1. The van der Waals surface area contributed by atoms with Crippen LogP contribution in [-0.2, 0) is 27.7 Å². The lowest BCUT2D eigenvalue weighted by molar-refractivity contribution is -0.121. The van der Waals surface area contributed by atoms with E-state index in [1.807, 2.05) is 13.0 Å². The van der Waals surface area contributed by atoms with Crippen LogP contribution in [0.15, 0.2) is 33.7 Å². The molecule has 5 atom stereocenters. The van der Waals surface area contributed by atoms with Crippen LogP contribution in [0.25, 0.3) is 22.1 Å². The smallest absolute Gasteiger partial charge is 0.423 e. The van der Waals surface area contributed by atoms with E-state index in [0.29, 0.717) is 50.4 Å². The number of anilines is 3. The van der Waals surface area contributed by atoms with Crippen LogP contribution in [-0.4, -0.2) is 100 Å².